The Kier molecular flexibility index (Phi) is 2.22. The van der Waals surface area contributed by atoms with E-state index in [1.165, 1.54) is 0 Å². The molecule has 0 radical (unpaired) electrons. The Morgan fingerprint density at radius 3 is 2.20 bits per heavy atom. The Bertz CT molecular complexity index is 120. The van der Waals surface area contributed by atoms with Gasteiger partial charge >= 0.3 is 0 Å². The Labute approximate surface area is 58.1 Å². The van der Waals surface area contributed by atoms with Crippen molar-refractivity contribution in [2.75, 3.05) is 13.2 Å². The van der Waals surface area contributed by atoms with Gasteiger partial charge in [-0.15, -0.1) is 0 Å². The standard InChI is InChI=1S/C5H11NO4/c7-2-3-5(9)4(8)1-6(3)10/h3-5,7-10H,1-2H2/t3-,4-,5-/m1/s1. The van der Waals surface area contributed by atoms with Crippen LogP contribution < -0.4 is 0 Å². The van der Waals surface area contributed by atoms with Crippen LogP contribution in [0.4, 0.5) is 0 Å². The number of β-amino-alcohol motifs (C(OH)–C–C–N with tert-alkyl or cyclic N) is 1. The summed E-state index contributed by atoms with van der Waals surface area (Å²) in [6.07, 6.45) is -2.00. The monoisotopic (exact) mass is 149 g/mol. The Morgan fingerprint density at radius 1 is 1.40 bits per heavy atom. The van der Waals surface area contributed by atoms with E-state index in [0.717, 1.165) is 5.06 Å². The molecule has 0 amide bonds. The van der Waals surface area contributed by atoms with Crippen molar-refractivity contribution in [2.45, 2.75) is 18.2 Å². The summed E-state index contributed by atoms with van der Waals surface area (Å²) in [5.41, 5.74) is 0. The number of hydroxylamine groups is 2. The molecule has 5 heteroatoms. The summed E-state index contributed by atoms with van der Waals surface area (Å²) in [4.78, 5) is 0. The van der Waals surface area contributed by atoms with Crippen LogP contribution in [0, 0.1) is 0 Å². The third-order valence-electron chi connectivity index (χ3n) is 1.73. The fraction of sp³-hybridized carbons (Fsp3) is 1.00. The molecule has 0 unspecified atom stereocenters. The minimum Gasteiger partial charge on any atom is -0.395 e. The van der Waals surface area contributed by atoms with Gasteiger partial charge < -0.3 is 20.5 Å². The van der Waals surface area contributed by atoms with Crippen molar-refractivity contribution in [1.82, 2.24) is 5.06 Å². The Balaban J connectivity index is 2.55. The van der Waals surface area contributed by atoms with E-state index in [4.69, 9.17) is 20.5 Å². The van der Waals surface area contributed by atoms with Gasteiger partial charge in [0.05, 0.1) is 25.3 Å². The summed E-state index contributed by atoms with van der Waals surface area (Å²) in [6, 6.07) is -0.741. The number of rotatable bonds is 1. The molecule has 4 N–H and O–H groups in total. The van der Waals surface area contributed by atoms with E-state index in [0.29, 0.717) is 0 Å². The molecule has 0 aromatic rings. The minimum atomic E-state index is -1.05. The zero-order chi connectivity index (χ0) is 7.72. The molecular formula is C5H11NO4. The zero-order valence-electron chi connectivity index (χ0n) is 5.38. The van der Waals surface area contributed by atoms with E-state index in [-0.39, 0.29) is 13.2 Å². The summed E-state index contributed by atoms with van der Waals surface area (Å²) in [6.45, 7) is -0.360. The maximum atomic E-state index is 9.02. The number of aliphatic hydroxyl groups excluding tert-OH is 3. The van der Waals surface area contributed by atoms with Crippen molar-refractivity contribution in [3.8, 4) is 0 Å². The van der Waals surface area contributed by atoms with E-state index in [1.807, 2.05) is 0 Å². The van der Waals surface area contributed by atoms with Gasteiger partial charge in [0, 0.05) is 0 Å². The smallest absolute Gasteiger partial charge is 0.101 e. The highest BCUT2D eigenvalue weighted by molar-refractivity contribution is 4.88. The third kappa shape index (κ3) is 1.14. The molecule has 0 spiro atoms. The molecule has 0 aromatic carbocycles. The van der Waals surface area contributed by atoms with E-state index < -0.39 is 18.2 Å². The lowest BCUT2D eigenvalue weighted by Gasteiger charge is -2.16. The van der Waals surface area contributed by atoms with Crippen molar-refractivity contribution in [1.29, 1.82) is 0 Å². The first kappa shape index (κ1) is 7.90. The number of hydrogen-bond donors (Lipinski definition) is 4. The fourth-order valence-corrected chi connectivity index (χ4v) is 1.07. The lowest BCUT2D eigenvalue weighted by atomic mass is 10.1. The Hall–Kier alpha value is -0.200. The average Bonchev–Trinajstić information content (AvgIpc) is 2.09. The van der Waals surface area contributed by atoms with Gasteiger partial charge in [0.25, 0.3) is 0 Å². The summed E-state index contributed by atoms with van der Waals surface area (Å²) in [5.74, 6) is 0. The number of nitrogens with zero attached hydrogens (tertiary/aromatic N) is 1. The molecule has 1 aliphatic heterocycles. The molecule has 1 rings (SSSR count). The van der Waals surface area contributed by atoms with Gasteiger partial charge in [-0.1, -0.05) is 0 Å². The van der Waals surface area contributed by atoms with Crippen molar-refractivity contribution < 1.29 is 20.5 Å². The van der Waals surface area contributed by atoms with Crippen molar-refractivity contribution in [3.05, 3.63) is 0 Å². The first-order valence-electron chi connectivity index (χ1n) is 3.09. The van der Waals surface area contributed by atoms with Crippen molar-refractivity contribution in [2.24, 2.45) is 0 Å². The van der Waals surface area contributed by atoms with Crippen molar-refractivity contribution >= 4 is 0 Å². The first-order valence-corrected chi connectivity index (χ1v) is 3.09. The van der Waals surface area contributed by atoms with Crippen LogP contribution in [0.2, 0.25) is 0 Å². The lowest BCUT2D eigenvalue weighted by Crippen LogP contribution is -2.37. The third-order valence-corrected chi connectivity index (χ3v) is 1.73. The molecule has 10 heavy (non-hydrogen) atoms. The maximum Gasteiger partial charge on any atom is 0.101 e. The second-order valence-electron chi connectivity index (χ2n) is 2.43. The van der Waals surface area contributed by atoms with E-state index in [9.17, 15) is 0 Å². The zero-order valence-corrected chi connectivity index (χ0v) is 5.38. The van der Waals surface area contributed by atoms with Crippen LogP contribution in [0.5, 0.6) is 0 Å². The summed E-state index contributed by atoms with van der Waals surface area (Å²) >= 11 is 0. The molecule has 1 saturated heterocycles. The highest BCUT2D eigenvalue weighted by Gasteiger charge is 2.38. The van der Waals surface area contributed by atoms with E-state index >= 15 is 0 Å². The van der Waals surface area contributed by atoms with Crippen LogP contribution in [0.1, 0.15) is 0 Å². The highest BCUT2D eigenvalue weighted by Crippen LogP contribution is 2.15. The quantitative estimate of drug-likeness (QED) is 0.339. The molecule has 0 saturated carbocycles. The maximum absolute atomic E-state index is 9.02. The summed E-state index contributed by atoms with van der Waals surface area (Å²) in [5, 5.41) is 36.1. The molecule has 1 aliphatic rings. The van der Waals surface area contributed by atoms with Gasteiger partial charge in [-0.05, 0) is 0 Å². The van der Waals surface area contributed by atoms with Gasteiger partial charge in [0.2, 0.25) is 0 Å². The van der Waals surface area contributed by atoms with Crippen LogP contribution in [0.25, 0.3) is 0 Å². The predicted octanol–water partition coefficient (Wildman–Crippen LogP) is -2.23. The van der Waals surface area contributed by atoms with Crippen LogP contribution in [-0.2, 0) is 0 Å². The van der Waals surface area contributed by atoms with E-state index in [1.54, 1.807) is 0 Å². The Morgan fingerprint density at radius 2 is 2.00 bits per heavy atom. The minimum absolute atomic E-state index is 0.00755. The molecule has 1 heterocycles. The van der Waals surface area contributed by atoms with Gasteiger partial charge in [-0.2, -0.15) is 5.06 Å². The second-order valence-corrected chi connectivity index (χ2v) is 2.43. The second kappa shape index (κ2) is 2.81. The molecule has 0 aromatic heterocycles. The molecular weight excluding hydrogens is 138 g/mol. The molecule has 1 fully saturated rings. The molecule has 60 valence electrons. The topological polar surface area (TPSA) is 84.2 Å². The number of hydrogen-bond acceptors (Lipinski definition) is 5. The average molecular weight is 149 g/mol. The lowest BCUT2D eigenvalue weighted by molar-refractivity contribution is -0.127. The van der Waals surface area contributed by atoms with Crippen LogP contribution in [-0.4, -0.2) is 57.0 Å². The largest absolute Gasteiger partial charge is 0.395 e. The molecule has 0 aliphatic carbocycles. The van der Waals surface area contributed by atoms with Crippen LogP contribution in [0.15, 0.2) is 0 Å². The summed E-state index contributed by atoms with van der Waals surface area (Å²) in [7, 11) is 0. The number of aliphatic hydroxyl groups is 3. The predicted molar refractivity (Wildman–Crippen MR) is 31.4 cm³/mol. The molecule has 0 bridgehead atoms. The normalized spacial score (nSPS) is 42.6. The van der Waals surface area contributed by atoms with Gasteiger partial charge in [-0.25, -0.2) is 0 Å². The first-order chi connectivity index (χ1) is 4.66. The van der Waals surface area contributed by atoms with Gasteiger partial charge in [0.1, 0.15) is 6.10 Å². The van der Waals surface area contributed by atoms with Crippen molar-refractivity contribution in [3.63, 3.8) is 0 Å². The molecule has 5 nitrogen and oxygen atoms in total. The van der Waals surface area contributed by atoms with Crippen LogP contribution >= 0.6 is 0 Å². The fourth-order valence-electron chi connectivity index (χ4n) is 1.07. The van der Waals surface area contributed by atoms with Gasteiger partial charge in [0.15, 0.2) is 0 Å². The van der Waals surface area contributed by atoms with Gasteiger partial charge in [-0.3, -0.25) is 0 Å². The van der Waals surface area contributed by atoms with Crippen LogP contribution in [0.3, 0.4) is 0 Å². The summed E-state index contributed by atoms with van der Waals surface area (Å²) < 4.78 is 0. The molecule has 3 atom stereocenters. The highest BCUT2D eigenvalue weighted by atomic mass is 16.5. The van der Waals surface area contributed by atoms with E-state index in [2.05, 4.69) is 0 Å². The SMILES string of the molecule is OC[C@@H]1[C@@H](O)[C@H](O)CN1O.